The molecule has 11 nitrogen and oxygen atoms in total. The van der Waals surface area contributed by atoms with E-state index < -0.39 is 10.0 Å². The predicted molar refractivity (Wildman–Crippen MR) is 176 cm³/mol. The zero-order chi connectivity index (χ0) is 32.0. The normalized spacial score (nSPS) is 16.1. The fourth-order valence-corrected chi connectivity index (χ4v) is 7.49. The average Bonchev–Trinajstić information content (AvgIpc) is 3.34. The first kappa shape index (κ1) is 30.4. The number of hydrogen-bond acceptors (Lipinski definition) is 8. The van der Waals surface area contributed by atoms with Crippen LogP contribution in [0.1, 0.15) is 33.5 Å². The van der Waals surface area contributed by atoms with Crippen LogP contribution >= 0.6 is 0 Å². The van der Waals surface area contributed by atoms with Crippen molar-refractivity contribution in [1.82, 2.24) is 13.9 Å². The maximum absolute atomic E-state index is 13.6. The lowest BCUT2D eigenvalue weighted by Crippen LogP contribution is -2.37. The highest BCUT2D eigenvalue weighted by atomic mass is 32.2. The third kappa shape index (κ3) is 5.78. The molecular weight excluding hydrogens is 592 g/mol. The van der Waals surface area contributed by atoms with Crippen LogP contribution in [0.15, 0.2) is 65.7 Å². The van der Waals surface area contributed by atoms with Crippen molar-refractivity contribution in [2.75, 3.05) is 48.1 Å². The Bertz CT molecular complexity index is 1970. The fourth-order valence-electron chi connectivity index (χ4n) is 5.99. The molecule has 2 aliphatic heterocycles. The monoisotopic (exact) mass is 628 g/mol. The number of hydrogen-bond donors (Lipinski definition) is 2. The fraction of sp³-hybridized carbons (Fsp3) is 0.303. The number of aryl methyl sites for hydroxylation is 2. The van der Waals surface area contributed by atoms with Gasteiger partial charge in [0.25, 0.3) is 11.5 Å². The lowest BCUT2D eigenvalue weighted by atomic mass is 9.95. The Balaban J connectivity index is 1.29. The van der Waals surface area contributed by atoms with Crippen molar-refractivity contribution >= 4 is 38.8 Å². The number of sulfonamides is 1. The zero-order valence-corrected chi connectivity index (χ0v) is 26.6. The van der Waals surface area contributed by atoms with Gasteiger partial charge >= 0.3 is 0 Å². The highest BCUT2D eigenvalue weighted by molar-refractivity contribution is 7.89. The van der Waals surface area contributed by atoms with Gasteiger partial charge in [-0.05, 0) is 72.9 Å². The van der Waals surface area contributed by atoms with Gasteiger partial charge < -0.3 is 24.8 Å². The molecule has 1 fully saturated rings. The van der Waals surface area contributed by atoms with E-state index in [-0.39, 0.29) is 35.2 Å². The van der Waals surface area contributed by atoms with Gasteiger partial charge in [-0.1, -0.05) is 12.1 Å². The first-order valence-electron chi connectivity index (χ1n) is 14.8. The summed E-state index contributed by atoms with van der Waals surface area (Å²) in [5.74, 6) is 0.367. The van der Waals surface area contributed by atoms with Gasteiger partial charge in [0.05, 0.1) is 11.4 Å². The van der Waals surface area contributed by atoms with E-state index in [2.05, 4.69) is 10.3 Å². The Morgan fingerprint density at radius 1 is 1.04 bits per heavy atom. The highest BCUT2D eigenvalue weighted by Gasteiger charge is 2.30. The van der Waals surface area contributed by atoms with E-state index in [9.17, 15) is 23.1 Å². The molecule has 0 radical (unpaired) electrons. The molecule has 6 rings (SSSR count). The van der Waals surface area contributed by atoms with Crippen LogP contribution in [0.4, 0.5) is 22.9 Å². The summed E-state index contributed by atoms with van der Waals surface area (Å²) in [6.07, 6.45) is 4.52. The Hall–Kier alpha value is -4.68. The molecule has 0 bridgehead atoms. The van der Waals surface area contributed by atoms with Gasteiger partial charge in [0.2, 0.25) is 10.0 Å². The maximum Gasteiger partial charge on any atom is 0.274 e. The minimum Gasteiger partial charge on any atom is -0.505 e. The van der Waals surface area contributed by atoms with Gasteiger partial charge in [-0.25, -0.2) is 13.4 Å². The first-order chi connectivity index (χ1) is 21.4. The first-order valence-corrected chi connectivity index (χ1v) is 16.4. The van der Waals surface area contributed by atoms with Crippen LogP contribution in [0.5, 0.6) is 5.75 Å². The summed E-state index contributed by atoms with van der Waals surface area (Å²) in [5, 5.41) is 14.7. The SMILES string of the molecule is Cc1ccc(N2CCc3cc(N(C)C)ccc3C2=O)c(O)c1-c1cc(Nc2ccc(CN3CCCS3(=O)=O)cn2)c(=O)n(C)c1. The van der Waals surface area contributed by atoms with E-state index in [0.29, 0.717) is 54.1 Å². The molecule has 45 heavy (non-hydrogen) atoms. The number of anilines is 4. The standard InChI is InChI=1S/C33H36N6O5S/c1-21-6-10-28(39-14-12-23-16-25(36(2)3)8-9-26(23)32(39)41)31(40)30(21)24-17-27(33(42)37(4)20-24)35-29-11-7-22(18-34-29)19-38-13-5-15-45(38,43)44/h6-11,16-18,20,40H,5,12-15,19H2,1-4H3,(H,34,35). The summed E-state index contributed by atoms with van der Waals surface area (Å²) in [5.41, 5.74) is 5.62. The lowest BCUT2D eigenvalue weighted by molar-refractivity contribution is 0.0980. The molecule has 0 saturated carbocycles. The van der Waals surface area contributed by atoms with Crippen molar-refractivity contribution < 1.29 is 18.3 Å². The zero-order valence-electron chi connectivity index (χ0n) is 25.7. The van der Waals surface area contributed by atoms with Crippen molar-refractivity contribution in [1.29, 1.82) is 0 Å². The number of carbonyl (C=O) groups excluding carboxylic acids is 1. The molecule has 2 aromatic heterocycles. The number of carbonyl (C=O) groups is 1. The molecule has 0 spiro atoms. The lowest BCUT2D eigenvalue weighted by Gasteiger charge is -2.30. The van der Waals surface area contributed by atoms with E-state index in [0.717, 1.165) is 22.4 Å². The Morgan fingerprint density at radius 3 is 2.53 bits per heavy atom. The predicted octanol–water partition coefficient (Wildman–Crippen LogP) is 4.01. The molecule has 0 unspecified atom stereocenters. The van der Waals surface area contributed by atoms with Crippen molar-refractivity contribution in [3.05, 3.63) is 93.5 Å². The van der Waals surface area contributed by atoms with E-state index >= 15 is 0 Å². The molecule has 0 aliphatic carbocycles. The quantitative estimate of drug-likeness (QED) is 0.314. The molecule has 1 amide bonds. The number of benzene rings is 2. The molecule has 234 valence electrons. The van der Waals surface area contributed by atoms with E-state index in [1.54, 1.807) is 48.6 Å². The largest absolute Gasteiger partial charge is 0.505 e. The van der Waals surface area contributed by atoms with E-state index in [4.69, 9.17) is 0 Å². The third-order valence-corrected chi connectivity index (χ3v) is 10.4. The second-order valence-corrected chi connectivity index (χ2v) is 13.9. The van der Waals surface area contributed by atoms with Gasteiger partial charge in [0.1, 0.15) is 17.3 Å². The number of phenols is 1. The number of nitrogens with one attached hydrogen (secondary N) is 1. The van der Waals surface area contributed by atoms with Crippen molar-refractivity contribution in [3.63, 3.8) is 0 Å². The highest BCUT2D eigenvalue weighted by Crippen LogP contribution is 2.42. The summed E-state index contributed by atoms with van der Waals surface area (Å²) in [6.45, 7) is 3.04. The van der Waals surface area contributed by atoms with Crippen molar-refractivity contribution in [2.24, 2.45) is 7.05 Å². The molecular formula is C33H36N6O5S. The summed E-state index contributed by atoms with van der Waals surface area (Å²) in [6, 6.07) is 14.6. The number of fused-ring (bicyclic) bond motifs is 1. The number of aromatic nitrogens is 2. The number of nitrogens with zero attached hydrogens (tertiary/aromatic N) is 5. The van der Waals surface area contributed by atoms with E-state index in [1.807, 2.05) is 50.2 Å². The maximum atomic E-state index is 13.6. The number of rotatable bonds is 7. The minimum absolute atomic E-state index is 0.0411. The molecule has 12 heteroatoms. The smallest absolute Gasteiger partial charge is 0.274 e. The van der Waals surface area contributed by atoms with Gasteiger partial charge in [0.15, 0.2) is 0 Å². The van der Waals surface area contributed by atoms with Gasteiger partial charge in [-0.3, -0.25) is 9.59 Å². The average molecular weight is 629 g/mol. The van der Waals surface area contributed by atoms with E-state index in [1.165, 1.54) is 8.87 Å². The topological polar surface area (TPSA) is 128 Å². The summed E-state index contributed by atoms with van der Waals surface area (Å²) in [7, 11) is 2.33. The van der Waals surface area contributed by atoms with Crippen LogP contribution in [0.2, 0.25) is 0 Å². The number of amides is 1. The van der Waals surface area contributed by atoms with Crippen LogP contribution in [0.25, 0.3) is 11.1 Å². The molecule has 0 atom stereocenters. The third-order valence-electron chi connectivity index (χ3n) is 8.46. The Kier molecular flexibility index (Phi) is 7.88. The summed E-state index contributed by atoms with van der Waals surface area (Å²) < 4.78 is 27.2. The Labute approximate surface area is 262 Å². The molecule has 1 saturated heterocycles. The van der Waals surface area contributed by atoms with Gasteiger partial charge in [0, 0.05) is 75.5 Å². The molecule has 2 aromatic carbocycles. The molecule has 2 N–H and O–H groups in total. The van der Waals surface area contributed by atoms with Crippen LogP contribution in [-0.4, -0.2) is 66.2 Å². The van der Waals surface area contributed by atoms with Crippen LogP contribution in [0.3, 0.4) is 0 Å². The van der Waals surface area contributed by atoms with Crippen LogP contribution in [-0.2, 0) is 30.0 Å². The molecule has 4 aromatic rings. The second-order valence-electron chi connectivity index (χ2n) is 11.8. The minimum atomic E-state index is -3.22. The van der Waals surface area contributed by atoms with Crippen molar-refractivity contribution in [2.45, 2.75) is 26.3 Å². The van der Waals surface area contributed by atoms with Gasteiger partial charge in [-0.15, -0.1) is 0 Å². The number of phenolic OH excluding ortho intramolecular Hbond substituents is 1. The Morgan fingerprint density at radius 2 is 1.84 bits per heavy atom. The second kappa shape index (κ2) is 11.7. The molecule has 4 heterocycles. The number of aromatic hydroxyl groups is 1. The van der Waals surface area contributed by atoms with Gasteiger partial charge in [-0.2, -0.15) is 4.31 Å². The summed E-state index contributed by atoms with van der Waals surface area (Å²) in [4.78, 5) is 34.7. The summed E-state index contributed by atoms with van der Waals surface area (Å²) >= 11 is 0. The molecule has 2 aliphatic rings. The number of pyridine rings is 2. The van der Waals surface area contributed by atoms with Crippen molar-refractivity contribution in [3.8, 4) is 16.9 Å². The van der Waals surface area contributed by atoms with Crippen LogP contribution < -0.4 is 20.7 Å². The van der Waals surface area contributed by atoms with Crippen LogP contribution in [0, 0.1) is 6.92 Å².